The summed E-state index contributed by atoms with van der Waals surface area (Å²) >= 11 is 0. The Kier molecular flexibility index (Phi) is 5.16. The van der Waals surface area contributed by atoms with E-state index in [2.05, 4.69) is 47.4 Å². The molecule has 2 N–H and O–H groups in total. The van der Waals surface area contributed by atoms with Gasteiger partial charge in [0.25, 0.3) is 0 Å². The number of aromatic nitrogens is 2. The Morgan fingerprint density at radius 1 is 0.962 bits per heavy atom. The lowest BCUT2D eigenvalue weighted by molar-refractivity contribution is 0.592. The van der Waals surface area contributed by atoms with Crippen LogP contribution < -0.4 is 10.6 Å². The molecule has 3 aromatic rings. The Labute approximate surface area is 153 Å². The number of benzene rings is 2. The lowest BCUT2D eigenvalue weighted by atomic mass is 9.86. The zero-order chi connectivity index (χ0) is 18.6. The van der Waals surface area contributed by atoms with Gasteiger partial charge in [0.15, 0.2) is 0 Å². The zero-order valence-corrected chi connectivity index (χ0v) is 15.3. The van der Waals surface area contributed by atoms with E-state index in [-0.39, 0.29) is 11.2 Å². The Balaban J connectivity index is 1.75. The van der Waals surface area contributed by atoms with Gasteiger partial charge < -0.3 is 10.6 Å². The average molecular weight is 350 g/mol. The molecule has 1 aromatic heterocycles. The van der Waals surface area contributed by atoms with E-state index in [9.17, 15) is 4.39 Å². The van der Waals surface area contributed by atoms with Gasteiger partial charge in [0.05, 0.1) is 0 Å². The van der Waals surface area contributed by atoms with Crippen molar-refractivity contribution in [2.24, 2.45) is 0 Å². The molecule has 0 radical (unpaired) electrons. The predicted molar refractivity (Wildman–Crippen MR) is 104 cm³/mol. The standard InChI is InChI=1S/C21H23FN4/c1-21(2,3)16-9-5-7-11-18(16)25-19-12-13-23-20(26-19)24-14-15-8-4-6-10-17(15)22/h4-13H,14H2,1-3H3,(H2,23,24,25,26). The second-order valence-corrected chi connectivity index (χ2v) is 7.13. The van der Waals surface area contributed by atoms with Crippen molar-refractivity contribution in [3.8, 4) is 0 Å². The molecule has 0 aliphatic rings. The molecule has 0 amide bonds. The molecule has 0 unspecified atom stereocenters. The molecule has 0 aliphatic heterocycles. The van der Waals surface area contributed by atoms with Crippen molar-refractivity contribution in [2.75, 3.05) is 10.6 Å². The topological polar surface area (TPSA) is 49.8 Å². The van der Waals surface area contributed by atoms with Crippen LogP contribution in [0.3, 0.4) is 0 Å². The minimum atomic E-state index is -0.242. The second kappa shape index (κ2) is 7.52. The van der Waals surface area contributed by atoms with Crippen molar-refractivity contribution < 1.29 is 4.39 Å². The van der Waals surface area contributed by atoms with Crippen LogP contribution in [-0.2, 0) is 12.0 Å². The summed E-state index contributed by atoms with van der Waals surface area (Å²) in [6.07, 6.45) is 1.68. The fraction of sp³-hybridized carbons (Fsp3) is 0.238. The van der Waals surface area contributed by atoms with Crippen LogP contribution in [0.15, 0.2) is 60.8 Å². The summed E-state index contributed by atoms with van der Waals surface area (Å²) in [4.78, 5) is 8.69. The van der Waals surface area contributed by atoms with Crippen molar-refractivity contribution in [1.29, 1.82) is 0 Å². The quantitative estimate of drug-likeness (QED) is 0.658. The highest BCUT2D eigenvalue weighted by Crippen LogP contribution is 2.30. The van der Waals surface area contributed by atoms with E-state index in [4.69, 9.17) is 0 Å². The molecule has 0 fully saturated rings. The van der Waals surface area contributed by atoms with Crippen LogP contribution in [-0.4, -0.2) is 9.97 Å². The van der Waals surface area contributed by atoms with Gasteiger partial charge in [0, 0.05) is 24.0 Å². The summed E-state index contributed by atoms with van der Waals surface area (Å²) in [7, 11) is 0. The molecule has 3 rings (SSSR count). The highest BCUT2D eigenvalue weighted by Gasteiger charge is 2.17. The molecular formula is C21H23FN4. The number of halogens is 1. The molecule has 26 heavy (non-hydrogen) atoms. The van der Waals surface area contributed by atoms with E-state index in [0.29, 0.717) is 23.9 Å². The third-order valence-electron chi connectivity index (χ3n) is 4.05. The van der Waals surface area contributed by atoms with Crippen LogP contribution in [0.4, 0.5) is 21.8 Å². The monoisotopic (exact) mass is 350 g/mol. The minimum absolute atomic E-state index is 0.0164. The van der Waals surface area contributed by atoms with Crippen LogP contribution in [0, 0.1) is 5.82 Å². The summed E-state index contributed by atoms with van der Waals surface area (Å²) < 4.78 is 13.7. The molecule has 134 valence electrons. The Hall–Kier alpha value is -2.95. The largest absolute Gasteiger partial charge is 0.350 e. The number of hydrogen-bond acceptors (Lipinski definition) is 4. The normalized spacial score (nSPS) is 11.2. The summed E-state index contributed by atoms with van der Waals surface area (Å²) in [6, 6.07) is 16.7. The Morgan fingerprint density at radius 2 is 1.69 bits per heavy atom. The number of para-hydroxylation sites is 1. The zero-order valence-electron chi connectivity index (χ0n) is 15.3. The van der Waals surface area contributed by atoms with Crippen molar-refractivity contribution in [1.82, 2.24) is 9.97 Å². The molecule has 0 spiro atoms. The van der Waals surface area contributed by atoms with E-state index in [0.717, 1.165) is 5.69 Å². The Morgan fingerprint density at radius 3 is 2.46 bits per heavy atom. The maximum Gasteiger partial charge on any atom is 0.224 e. The van der Waals surface area contributed by atoms with Gasteiger partial charge in [-0.05, 0) is 29.2 Å². The molecule has 5 heteroatoms. The molecule has 1 heterocycles. The lowest BCUT2D eigenvalue weighted by Gasteiger charge is -2.23. The number of nitrogens with one attached hydrogen (secondary N) is 2. The van der Waals surface area contributed by atoms with Crippen molar-refractivity contribution in [2.45, 2.75) is 32.7 Å². The SMILES string of the molecule is CC(C)(C)c1ccccc1Nc1ccnc(NCc2ccccc2F)n1. The lowest BCUT2D eigenvalue weighted by Crippen LogP contribution is -2.14. The first-order chi connectivity index (χ1) is 12.4. The highest BCUT2D eigenvalue weighted by molar-refractivity contribution is 5.62. The van der Waals surface area contributed by atoms with Gasteiger partial charge in [0.1, 0.15) is 11.6 Å². The first-order valence-electron chi connectivity index (χ1n) is 8.60. The van der Waals surface area contributed by atoms with Crippen molar-refractivity contribution in [3.05, 3.63) is 77.7 Å². The van der Waals surface area contributed by atoms with Gasteiger partial charge in [-0.3, -0.25) is 0 Å². The molecule has 0 bridgehead atoms. The molecule has 0 saturated heterocycles. The fourth-order valence-corrected chi connectivity index (χ4v) is 2.71. The number of anilines is 3. The molecule has 0 saturated carbocycles. The fourth-order valence-electron chi connectivity index (χ4n) is 2.71. The molecule has 4 nitrogen and oxygen atoms in total. The Bertz CT molecular complexity index is 887. The molecule has 0 aliphatic carbocycles. The van der Waals surface area contributed by atoms with E-state index in [1.54, 1.807) is 18.3 Å². The van der Waals surface area contributed by atoms with Gasteiger partial charge in [0.2, 0.25) is 5.95 Å². The van der Waals surface area contributed by atoms with E-state index in [1.165, 1.54) is 11.6 Å². The van der Waals surface area contributed by atoms with E-state index in [1.807, 2.05) is 30.3 Å². The van der Waals surface area contributed by atoms with Gasteiger partial charge in [-0.25, -0.2) is 9.37 Å². The van der Waals surface area contributed by atoms with Crippen LogP contribution in [0.25, 0.3) is 0 Å². The van der Waals surface area contributed by atoms with Gasteiger partial charge in [-0.2, -0.15) is 4.98 Å². The first kappa shape index (κ1) is 17.9. The van der Waals surface area contributed by atoms with Crippen LogP contribution >= 0.6 is 0 Å². The summed E-state index contributed by atoms with van der Waals surface area (Å²) in [5, 5.41) is 6.43. The van der Waals surface area contributed by atoms with Gasteiger partial charge in [-0.1, -0.05) is 57.2 Å². The molecule has 0 atom stereocenters. The average Bonchev–Trinajstić information content (AvgIpc) is 2.61. The van der Waals surface area contributed by atoms with Gasteiger partial charge >= 0.3 is 0 Å². The summed E-state index contributed by atoms with van der Waals surface area (Å²) in [5.74, 6) is 0.896. The molecular weight excluding hydrogens is 327 g/mol. The van der Waals surface area contributed by atoms with E-state index < -0.39 is 0 Å². The predicted octanol–water partition coefficient (Wildman–Crippen LogP) is 5.27. The smallest absolute Gasteiger partial charge is 0.224 e. The van der Waals surface area contributed by atoms with Crippen LogP contribution in [0.2, 0.25) is 0 Å². The maximum atomic E-state index is 13.7. The minimum Gasteiger partial charge on any atom is -0.350 e. The van der Waals surface area contributed by atoms with Crippen molar-refractivity contribution in [3.63, 3.8) is 0 Å². The summed E-state index contributed by atoms with van der Waals surface area (Å²) in [6.45, 7) is 6.85. The maximum absolute atomic E-state index is 13.7. The number of nitrogens with zero attached hydrogens (tertiary/aromatic N) is 2. The summed E-state index contributed by atoms with van der Waals surface area (Å²) in [5.41, 5.74) is 2.81. The second-order valence-electron chi connectivity index (χ2n) is 7.13. The van der Waals surface area contributed by atoms with Crippen LogP contribution in [0.1, 0.15) is 31.9 Å². The third-order valence-corrected chi connectivity index (χ3v) is 4.05. The van der Waals surface area contributed by atoms with Crippen LogP contribution in [0.5, 0.6) is 0 Å². The highest BCUT2D eigenvalue weighted by atomic mass is 19.1. The van der Waals surface area contributed by atoms with Crippen molar-refractivity contribution >= 4 is 17.5 Å². The van der Waals surface area contributed by atoms with Gasteiger partial charge in [-0.15, -0.1) is 0 Å². The first-order valence-corrected chi connectivity index (χ1v) is 8.60. The number of rotatable bonds is 5. The third kappa shape index (κ3) is 4.36. The molecule has 2 aromatic carbocycles. The van der Waals surface area contributed by atoms with E-state index >= 15 is 0 Å². The number of hydrogen-bond donors (Lipinski definition) is 2.